The summed E-state index contributed by atoms with van der Waals surface area (Å²) in [5, 5.41) is 2.60. The highest BCUT2D eigenvalue weighted by molar-refractivity contribution is 9.10. The van der Waals surface area contributed by atoms with Crippen LogP contribution in [0, 0.1) is 5.82 Å². The number of nitrogens with zero attached hydrogens (tertiary/aromatic N) is 1. The van der Waals surface area contributed by atoms with Gasteiger partial charge in [-0.25, -0.2) is 9.18 Å². The van der Waals surface area contributed by atoms with Gasteiger partial charge >= 0.3 is 6.09 Å². The number of carbonyl (C=O) groups excluding carboxylic acids is 2. The summed E-state index contributed by atoms with van der Waals surface area (Å²) in [6, 6.07) is 12.2. The van der Waals surface area contributed by atoms with E-state index in [0.717, 1.165) is 5.56 Å². The average molecular weight is 493 g/mol. The van der Waals surface area contributed by atoms with Crippen LogP contribution in [0.5, 0.6) is 0 Å². The number of hydrogen-bond acceptors (Lipinski definition) is 4. The second-order valence-corrected chi connectivity index (χ2v) is 8.77. The SMILES string of the molecule is CC(=O)Nc1cc(F)c(Br)c(CC[C@H]2COC(C)(C)N2C(=O)OCc2ccccc2)c1. The Morgan fingerprint density at radius 2 is 2.00 bits per heavy atom. The molecule has 0 radical (unpaired) electrons. The molecule has 2 amide bonds. The van der Waals surface area contributed by atoms with Gasteiger partial charge in [-0.2, -0.15) is 0 Å². The van der Waals surface area contributed by atoms with E-state index < -0.39 is 17.6 Å². The standard InChI is InChI=1S/C23H26BrFN2O4/c1-15(28)26-18-11-17(21(24)20(25)12-18)9-10-19-14-31-23(2,3)27(19)22(29)30-13-16-7-5-4-6-8-16/h4-8,11-12,19H,9-10,13-14H2,1-3H3,(H,26,28)/t19-/m0/s1. The van der Waals surface area contributed by atoms with Crippen molar-refractivity contribution in [1.29, 1.82) is 0 Å². The summed E-state index contributed by atoms with van der Waals surface area (Å²) in [5.41, 5.74) is 1.19. The van der Waals surface area contributed by atoms with Crippen molar-refractivity contribution in [3.8, 4) is 0 Å². The molecule has 6 nitrogen and oxygen atoms in total. The molecule has 0 aliphatic carbocycles. The van der Waals surface area contributed by atoms with Crippen molar-refractivity contribution in [3.05, 3.63) is 63.9 Å². The Balaban J connectivity index is 1.69. The third kappa shape index (κ3) is 5.83. The average Bonchev–Trinajstić information content (AvgIpc) is 3.02. The van der Waals surface area contributed by atoms with Crippen LogP contribution in [-0.2, 0) is 27.3 Å². The van der Waals surface area contributed by atoms with Crippen LogP contribution in [-0.4, -0.2) is 35.3 Å². The number of aryl methyl sites for hydroxylation is 1. The zero-order valence-electron chi connectivity index (χ0n) is 17.8. The molecule has 0 aromatic heterocycles. The molecule has 1 N–H and O–H groups in total. The van der Waals surface area contributed by atoms with Crippen LogP contribution in [0.3, 0.4) is 0 Å². The van der Waals surface area contributed by atoms with Gasteiger partial charge in [-0.1, -0.05) is 30.3 Å². The highest BCUT2D eigenvalue weighted by Gasteiger charge is 2.44. The molecule has 1 heterocycles. The fourth-order valence-electron chi connectivity index (χ4n) is 3.68. The van der Waals surface area contributed by atoms with Gasteiger partial charge in [0.1, 0.15) is 18.1 Å². The minimum atomic E-state index is -0.807. The van der Waals surface area contributed by atoms with Crippen LogP contribution in [0.25, 0.3) is 0 Å². The predicted octanol–water partition coefficient (Wildman–Crippen LogP) is 5.25. The molecular formula is C23H26BrFN2O4. The van der Waals surface area contributed by atoms with Crippen LogP contribution in [0.2, 0.25) is 0 Å². The fraction of sp³-hybridized carbons (Fsp3) is 0.391. The zero-order valence-corrected chi connectivity index (χ0v) is 19.4. The maximum Gasteiger partial charge on any atom is 0.412 e. The van der Waals surface area contributed by atoms with Gasteiger partial charge in [0, 0.05) is 12.6 Å². The van der Waals surface area contributed by atoms with Crippen molar-refractivity contribution in [1.82, 2.24) is 4.90 Å². The van der Waals surface area contributed by atoms with E-state index >= 15 is 0 Å². The number of amides is 2. The van der Waals surface area contributed by atoms with E-state index in [2.05, 4.69) is 21.2 Å². The number of benzene rings is 2. The number of hydrogen-bond donors (Lipinski definition) is 1. The molecule has 3 rings (SSSR count). The first-order valence-corrected chi connectivity index (χ1v) is 10.9. The number of halogens is 2. The van der Waals surface area contributed by atoms with E-state index in [1.165, 1.54) is 13.0 Å². The molecule has 1 fully saturated rings. The predicted molar refractivity (Wildman–Crippen MR) is 119 cm³/mol. The van der Waals surface area contributed by atoms with E-state index in [9.17, 15) is 14.0 Å². The second kappa shape index (κ2) is 9.78. The van der Waals surface area contributed by atoms with Crippen molar-refractivity contribution >= 4 is 33.6 Å². The molecule has 0 bridgehead atoms. The van der Waals surface area contributed by atoms with E-state index in [0.29, 0.717) is 35.2 Å². The van der Waals surface area contributed by atoms with Crippen molar-refractivity contribution in [2.45, 2.75) is 52.0 Å². The lowest BCUT2D eigenvalue weighted by atomic mass is 10.0. The summed E-state index contributed by atoms with van der Waals surface area (Å²) in [6.45, 7) is 5.55. The topological polar surface area (TPSA) is 67.9 Å². The van der Waals surface area contributed by atoms with E-state index in [1.807, 2.05) is 44.2 Å². The summed E-state index contributed by atoms with van der Waals surface area (Å²) in [7, 11) is 0. The maximum atomic E-state index is 14.3. The van der Waals surface area contributed by atoms with Gasteiger partial charge in [-0.3, -0.25) is 9.69 Å². The van der Waals surface area contributed by atoms with Gasteiger partial charge in [0.05, 0.1) is 17.1 Å². The van der Waals surface area contributed by atoms with E-state index in [1.54, 1.807) is 11.0 Å². The molecule has 0 spiro atoms. The molecule has 1 aliphatic rings. The molecule has 166 valence electrons. The van der Waals surface area contributed by atoms with Gasteiger partial charge in [-0.15, -0.1) is 0 Å². The molecule has 1 aliphatic heterocycles. The Morgan fingerprint density at radius 3 is 2.68 bits per heavy atom. The molecule has 2 aromatic carbocycles. The first kappa shape index (κ1) is 23.2. The van der Waals surface area contributed by atoms with Crippen molar-refractivity contribution in [2.75, 3.05) is 11.9 Å². The summed E-state index contributed by atoms with van der Waals surface area (Å²) >= 11 is 3.28. The van der Waals surface area contributed by atoms with Crippen LogP contribution >= 0.6 is 15.9 Å². The monoisotopic (exact) mass is 492 g/mol. The first-order valence-electron chi connectivity index (χ1n) is 10.1. The van der Waals surface area contributed by atoms with Crippen LogP contribution in [0.1, 0.15) is 38.3 Å². The summed E-state index contributed by atoms with van der Waals surface area (Å²) in [5.74, 6) is -0.727. The lowest BCUT2D eigenvalue weighted by Crippen LogP contribution is -2.48. The molecule has 8 heteroatoms. The maximum absolute atomic E-state index is 14.3. The molecule has 2 aromatic rings. The molecule has 0 unspecified atom stereocenters. The van der Waals surface area contributed by atoms with Crippen LogP contribution in [0.4, 0.5) is 14.9 Å². The number of anilines is 1. The van der Waals surface area contributed by atoms with Gasteiger partial charge in [0.25, 0.3) is 0 Å². The number of ether oxygens (including phenoxy) is 2. The number of rotatable bonds is 6. The van der Waals surface area contributed by atoms with Gasteiger partial charge < -0.3 is 14.8 Å². The van der Waals surface area contributed by atoms with Crippen molar-refractivity contribution < 1.29 is 23.5 Å². The molecular weight excluding hydrogens is 467 g/mol. The van der Waals surface area contributed by atoms with Gasteiger partial charge in [0.15, 0.2) is 0 Å². The summed E-state index contributed by atoms with van der Waals surface area (Å²) < 4.78 is 26.0. The normalized spacial score (nSPS) is 17.5. The van der Waals surface area contributed by atoms with Crippen molar-refractivity contribution in [2.24, 2.45) is 0 Å². The summed E-state index contributed by atoms with van der Waals surface area (Å²) in [6.07, 6.45) is 0.580. The summed E-state index contributed by atoms with van der Waals surface area (Å²) in [4.78, 5) is 25.8. The van der Waals surface area contributed by atoms with Crippen LogP contribution < -0.4 is 5.32 Å². The highest BCUT2D eigenvalue weighted by Crippen LogP contribution is 2.32. The Bertz CT molecular complexity index is 952. The second-order valence-electron chi connectivity index (χ2n) is 7.97. The smallest absolute Gasteiger partial charge is 0.412 e. The quantitative estimate of drug-likeness (QED) is 0.597. The molecule has 31 heavy (non-hydrogen) atoms. The number of carbonyl (C=O) groups is 2. The van der Waals surface area contributed by atoms with Gasteiger partial charge in [-0.05, 0) is 65.9 Å². The number of nitrogens with one attached hydrogen (secondary N) is 1. The Hall–Kier alpha value is -2.45. The van der Waals surface area contributed by atoms with E-state index in [4.69, 9.17) is 9.47 Å². The molecule has 1 saturated heterocycles. The third-order valence-corrected chi connectivity index (χ3v) is 6.03. The largest absolute Gasteiger partial charge is 0.444 e. The lowest BCUT2D eigenvalue weighted by molar-refractivity contribution is -0.114. The minimum absolute atomic E-state index is 0.175. The first-order chi connectivity index (χ1) is 14.7. The fourth-order valence-corrected chi connectivity index (χ4v) is 4.11. The van der Waals surface area contributed by atoms with Crippen molar-refractivity contribution in [3.63, 3.8) is 0 Å². The Morgan fingerprint density at radius 1 is 1.29 bits per heavy atom. The molecule has 0 saturated carbocycles. The third-order valence-electron chi connectivity index (χ3n) is 5.15. The van der Waals surface area contributed by atoms with E-state index in [-0.39, 0.29) is 18.6 Å². The minimum Gasteiger partial charge on any atom is -0.444 e. The Kier molecular flexibility index (Phi) is 7.33. The Labute approximate surface area is 189 Å². The highest BCUT2D eigenvalue weighted by atomic mass is 79.9. The lowest BCUT2D eigenvalue weighted by Gasteiger charge is -2.32. The van der Waals surface area contributed by atoms with Crippen LogP contribution in [0.15, 0.2) is 46.9 Å². The zero-order chi connectivity index (χ0) is 22.6. The molecule has 1 atom stereocenters. The van der Waals surface area contributed by atoms with Gasteiger partial charge in [0.2, 0.25) is 5.91 Å².